The van der Waals surface area contributed by atoms with E-state index in [1.54, 1.807) is 17.9 Å². The molecule has 1 amide bonds. The summed E-state index contributed by atoms with van der Waals surface area (Å²) in [5, 5.41) is 0. The number of anilines is 1. The normalized spacial score (nSPS) is 18.1. The van der Waals surface area contributed by atoms with Crippen LogP contribution in [0, 0.1) is 12.7 Å². The third-order valence-corrected chi connectivity index (χ3v) is 3.78. The van der Waals surface area contributed by atoms with Gasteiger partial charge < -0.3 is 10.6 Å². The molecule has 0 atom stereocenters. The second-order valence-corrected chi connectivity index (χ2v) is 5.55. The van der Waals surface area contributed by atoms with Crippen LogP contribution in [-0.2, 0) is 0 Å². The maximum atomic E-state index is 13.6. The Balaban J connectivity index is 2.35. The minimum absolute atomic E-state index is 0.136. The molecule has 1 saturated heterocycles. The molecule has 1 fully saturated rings. The molecule has 1 aliphatic rings. The lowest BCUT2D eigenvalue weighted by molar-refractivity contribution is 0.0651. The van der Waals surface area contributed by atoms with E-state index in [-0.39, 0.29) is 11.4 Å². The number of rotatable bonds is 1. The van der Waals surface area contributed by atoms with Gasteiger partial charge in [0, 0.05) is 28.9 Å². The Morgan fingerprint density at radius 3 is 2.61 bits per heavy atom. The number of amides is 1. The topological polar surface area (TPSA) is 46.3 Å². The number of halogens is 1. The largest absolute Gasteiger partial charge is 0.398 e. The lowest BCUT2D eigenvalue weighted by Crippen LogP contribution is -2.42. The van der Waals surface area contributed by atoms with E-state index in [9.17, 15) is 9.18 Å². The number of carbonyl (C=O) groups excluding carboxylic acids is 1. The molecule has 0 aliphatic carbocycles. The van der Waals surface area contributed by atoms with E-state index in [1.807, 2.05) is 13.8 Å². The second kappa shape index (κ2) is 4.26. The monoisotopic (exact) mass is 250 g/mol. The molecule has 0 aromatic heterocycles. The van der Waals surface area contributed by atoms with Crippen LogP contribution in [0.1, 0.15) is 42.6 Å². The van der Waals surface area contributed by atoms with Crippen molar-refractivity contribution < 1.29 is 9.18 Å². The Kier molecular flexibility index (Phi) is 3.05. The maximum Gasteiger partial charge on any atom is 0.254 e. The number of carbonyl (C=O) groups is 1. The summed E-state index contributed by atoms with van der Waals surface area (Å²) >= 11 is 0. The fourth-order valence-electron chi connectivity index (χ4n) is 2.46. The summed E-state index contributed by atoms with van der Waals surface area (Å²) in [6, 6.07) is 2.84. The first-order chi connectivity index (χ1) is 8.33. The molecular formula is C14H19FN2O. The molecule has 1 heterocycles. The molecular weight excluding hydrogens is 231 g/mol. The molecule has 0 saturated carbocycles. The third kappa shape index (κ3) is 2.07. The summed E-state index contributed by atoms with van der Waals surface area (Å²) in [6.07, 6.45) is 1.96. The van der Waals surface area contributed by atoms with Crippen LogP contribution in [0.2, 0.25) is 0 Å². The summed E-state index contributed by atoms with van der Waals surface area (Å²) in [4.78, 5) is 14.2. The highest BCUT2D eigenvalue weighted by Crippen LogP contribution is 2.30. The summed E-state index contributed by atoms with van der Waals surface area (Å²) in [5.74, 6) is -0.557. The lowest BCUT2D eigenvalue weighted by Gasteiger charge is -2.31. The number of nitrogens with two attached hydrogens (primary N) is 1. The zero-order valence-electron chi connectivity index (χ0n) is 11.1. The Bertz CT molecular complexity index is 474. The third-order valence-electron chi connectivity index (χ3n) is 3.78. The summed E-state index contributed by atoms with van der Waals surface area (Å²) in [5.41, 5.74) is 6.62. The molecule has 1 aromatic carbocycles. The van der Waals surface area contributed by atoms with Gasteiger partial charge in [-0.25, -0.2) is 4.39 Å². The van der Waals surface area contributed by atoms with Gasteiger partial charge in [-0.05, 0) is 45.7 Å². The predicted molar refractivity (Wildman–Crippen MR) is 69.9 cm³/mol. The molecule has 2 rings (SSSR count). The van der Waals surface area contributed by atoms with Crippen LogP contribution in [0.4, 0.5) is 10.1 Å². The van der Waals surface area contributed by atoms with Crippen LogP contribution in [0.3, 0.4) is 0 Å². The quantitative estimate of drug-likeness (QED) is 0.779. The van der Waals surface area contributed by atoms with Crippen molar-refractivity contribution in [1.29, 1.82) is 0 Å². The summed E-state index contributed by atoms with van der Waals surface area (Å²) < 4.78 is 13.6. The molecule has 98 valence electrons. The van der Waals surface area contributed by atoms with E-state index in [2.05, 4.69) is 0 Å². The van der Waals surface area contributed by atoms with Gasteiger partial charge in [-0.15, -0.1) is 0 Å². The summed E-state index contributed by atoms with van der Waals surface area (Å²) in [7, 11) is 0. The molecule has 1 aliphatic heterocycles. The molecule has 4 heteroatoms. The zero-order valence-corrected chi connectivity index (χ0v) is 11.1. The van der Waals surface area contributed by atoms with Gasteiger partial charge in [-0.2, -0.15) is 0 Å². The molecule has 2 N–H and O–H groups in total. The summed E-state index contributed by atoms with van der Waals surface area (Å²) in [6.45, 7) is 6.40. The predicted octanol–water partition coefficient (Wildman–Crippen LogP) is 2.73. The average Bonchev–Trinajstić information content (AvgIpc) is 2.64. The molecule has 0 unspecified atom stereocenters. The molecule has 3 nitrogen and oxygen atoms in total. The van der Waals surface area contributed by atoms with E-state index in [4.69, 9.17) is 5.73 Å². The highest BCUT2D eigenvalue weighted by molar-refractivity contribution is 5.96. The van der Waals surface area contributed by atoms with Crippen molar-refractivity contribution in [3.63, 3.8) is 0 Å². The Morgan fingerprint density at radius 2 is 2.11 bits per heavy atom. The van der Waals surface area contributed by atoms with Crippen LogP contribution in [0.15, 0.2) is 12.1 Å². The van der Waals surface area contributed by atoms with E-state index in [0.717, 1.165) is 19.4 Å². The highest BCUT2D eigenvalue weighted by Gasteiger charge is 2.35. The van der Waals surface area contributed by atoms with E-state index in [0.29, 0.717) is 16.8 Å². The van der Waals surface area contributed by atoms with E-state index >= 15 is 0 Å². The van der Waals surface area contributed by atoms with Crippen LogP contribution in [-0.4, -0.2) is 22.9 Å². The number of benzene rings is 1. The number of hydrogen-bond donors (Lipinski definition) is 1. The first-order valence-electron chi connectivity index (χ1n) is 6.20. The van der Waals surface area contributed by atoms with Crippen LogP contribution < -0.4 is 5.73 Å². The van der Waals surface area contributed by atoms with Crippen LogP contribution in [0.5, 0.6) is 0 Å². The van der Waals surface area contributed by atoms with Crippen molar-refractivity contribution in [2.45, 2.75) is 39.2 Å². The Labute approximate surface area is 107 Å². The van der Waals surface area contributed by atoms with Crippen molar-refractivity contribution in [2.24, 2.45) is 0 Å². The van der Waals surface area contributed by atoms with Gasteiger partial charge in [0.1, 0.15) is 5.82 Å². The van der Waals surface area contributed by atoms with Gasteiger partial charge in [0.2, 0.25) is 0 Å². The lowest BCUT2D eigenvalue weighted by atomic mass is 10.0. The van der Waals surface area contributed by atoms with E-state index < -0.39 is 5.82 Å². The fourth-order valence-corrected chi connectivity index (χ4v) is 2.46. The van der Waals surface area contributed by atoms with Crippen molar-refractivity contribution in [3.05, 3.63) is 29.1 Å². The van der Waals surface area contributed by atoms with Gasteiger partial charge in [-0.1, -0.05) is 0 Å². The van der Waals surface area contributed by atoms with Gasteiger partial charge >= 0.3 is 0 Å². The van der Waals surface area contributed by atoms with Crippen molar-refractivity contribution in [1.82, 2.24) is 4.90 Å². The molecule has 0 spiro atoms. The standard InChI is InChI=1S/C14H19FN2O/c1-9-11(15)7-10(8-12(9)16)13(18)17-6-4-5-14(17,2)3/h7-8H,4-6,16H2,1-3H3. The van der Waals surface area contributed by atoms with E-state index in [1.165, 1.54) is 6.07 Å². The second-order valence-electron chi connectivity index (χ2n) is 5.55. The van der Waals surface area contributed by atoms with Gasteiger partial charge in [-0.3, -0.25) is 4.79 Å². The number of nitrogens with zero attached hydrogens (tertiary/aromatic N) is 1. The Hall–Kier alpha value is -1.58. The molecule has 18 heavy (non-hydrogen) atoms. The Morgan fingerprint density at radius 1 is 1.44 bits per heavy atom. The highest BCUT2D eigenvalue weighted by atomic mass is 19.1. The molecule has 0 radical (unpaired) electrons. The van der Waals surface area contributed by atoms with Gasteiger partial charge in [0.15, 0.2) is 0 Å². The van der Waals surface area contributed by atoms with Crippen LogP contribution in [0.25, 0.3) is 0 Å². The van der Waals surface area contributed by atoms with Gasteiger partial charge in [0.05, 0.1) is 0 Å². The van der Waals surface area contributed by atoms with Crippen molar-refractivity contribution in [2.75, 3.05) is 12.3 Å². The first-order valence-corrected chi connectivity index (χ1v) is 6.20. The fraction of sp³-hybridized carbons (Fsp3) is 0.500. The smallest absolute Gasteiger partial charge is 0.254 e. The van der Waals surface area contributed by atoms with Crippen molar-refractivity contribution >= 4 is 11.6 Å². The average molecular weight is 250 g/mol. The molecule has 1 aromatic rings. The number of likely N-dealkylation sites (tertiary alicyclic amines) is 1. The minimum atomic E-state index is -0.421. The van der Waals surface area contributed by atoms with Crippen molar-refractivity contribution in [3.8, 4) is 0 Å². The number of hydrogen-bond acceptors (Lipinski definition) is 2. The maximum absolute atomic E-state index is 13.6. The number of nitrogen functional groups attached to an aromatic ring is 1. The minimum Gasteiger partial charge on any atom is -0.398 e. The molecule has 0 bridgehead atoms. The first kappa shape index (κ1) is 12.9. The SMILES string of the molecule is Cc1c(N)cc(C(=O)N2CCCC2(C)C)cc1F. The zero-order chi connectivity index (χ0) is 13.5. The van der Waals surface area contributed by atoms with Gasteiger partial charge in [0.25, 0.3) is 5.91 Å². The van der Waals surface area contributed by atoms with Crippen LogP contribution >= 0.6 is 0 Å².